The topological polar surface area (TPSA) is 35.6 Å². The van der Waals surface area contributed by atoms with Crippen LogP contribution in [0.2, 0.25) is 0 Å². The van der Waals surface area contributed by atoms with Gasteiger partial charge in [-0.3, -0.25) is 0 Å². The van der Waals surface area contributed by atoms with Gasteiger partial charge in [-0.2, -0.15) is 0 Å². The van der Waals surface area contributed by atoms with Crippen molar-refractivity contribution in [3.8, 4) is 0 Å². The van der Waals surface area contributed by atoms with Crippen molar-refractivity contribution >= 4 is 6.03 Å². The molecular weight excluding hydrogens is 202 g/mol. The first-order valence-corrected chi connectivity index (χ1v) is 6.59. The number of nitrogens with one attached hydrogen (secondary N) is 1. The molecule has 0 aromatic heterocycles. The summed E-state index contributed by atoms with van der Waals surface area (Å²) in [7, 11) is 0. The van der Waals surface area contributed by atoms with Crippen molar-refractivity contribution in [2.45, 2.75) is 19.3 Å². The van der Waals surface area contributed by atoms with Crippen molar-refractivity contribution in [1.82, 2.24) is 15.1 Å². The molecule has 0 saturated carbocycles. The Balaban J connectivity index is 1.59. The lowest BCUT2D eigenvalue weighted by atomic mass is 10.0. The predicted octanol–water partition coefficient (Wildman–Crippen LogP) is 0.744. The lowest BCUT2D eigenvalue weighted by molar-refractivity contribution is 0.150. The number of nitrogens with zero attached hydrogens (tertiary/aromatic N) is 2. The fraction of sp³-hybridized carbons (Fsp3) is 0.917. The van der Waals surface area contributed by atoms with Gasteiger partial charge in [0.15, 0.2) is 0 Å². The third-order valence-corrected chi connectivity index (χ3v) is 4.29. The summed E-state index contributed by atoms with van der Waals surface area (Å²) < 4.78 is 0. The van der Waals surface area contributed by atoms with Gasteiger partial charge in [0, 0.05) is 39.3 Å². The second kappa shape index (κ2) is 4.24. The summed E-state index contributed by atoms with van der Waals surface area (Å²) in [6.45, 7) is 6.12. The quantitative estimate of drug-likeness (QED) is 0.657. The summed E-state index contributed by atoms with van der Waals surface area (Å²) in [5.41, 5.74) is 0. The van der Waals surface area contributed by atoms with Crippen LogP contribution in [-0.2, 0) is 0 Å². The first-order valence-electron chi connectivity index (χ1n) is 6.59. The van der Waals surface area contributed by atoms with Crippen molar-refractivity contribution in [1.29, 1.82) is 0 Å². The van der Waals surface area contributed by atoms with Gasteiger partial charge in [-0.25, -0.2) is 4.79 Å². The summed E-state index contributed by atoms with van der Waals surface area (Å²) in [6.07, 6.45) is 3.67. The molecule has 0 unspecified atom stereocenters. The van der Waals surface area contributed by atoms with Gasteiger partial charge in [-0.15, -0.1) is 0 Å². The lowest BCUT2D eigenvalue weighted by Crippen LogP contribution is -2.45. The van der Waals surface area contributed by atoms with E-state index in [0.29, 0.717) is 17.9 Å². The van der Waals surface area contributed by atoms with Crippen LogP contribution in [0, 0.1) is 11.8 Å². The number of hydrogen-bond acceptors (Lipinski definition) is 2. The number of hydrogen-bond donors (Lipinski definition) is 1. The van der Waals surface area contributed by atoms with E-state index >= 15 is 0 Å². The first-order chi connectivity index (χ1) is 7.84. The molecule has 4 heteroatoms. The molecule has 3 saturated heterocycles. The van der Waals surface area contributed by atoms with Crippen LogP contribution in [-0.4, -0.2) is 55.1 Å². The van der Waals surface area contributed by atoms with Crippen LogP contribution in [0.25, 0.3) is 0 Å². The molecule has 3 fully saturated rings. The number of rotatable bonds is 0. The molecule has 2 atom stereocenters. The minimum Gasteiger partial charge on any atom is -0.325 e. The number of carbonyl (C=O) groups is 1. The number of fused-ring (bicyclic) bond motifs is 1. The number of amides is 2. The third kappa shape index (κ3) is 1.79. The van der Waals surface area contributed by atoms with Gasteiger partial charge in [0.05, 0.1) is 0 Å². The summed E-state index contributed by atoms with van der Waals surface area (Å²) in [4.78, 5) is 16.4. The van der Waals surface area contributed by atoms with Crippen molar-refractivity contribution in [2.24, 2.45) is 11.8 Å². The van der Waals surface area contributed by atoms with Crippen LogP contribution in [0.1, 0.15) is 19.3 Å². The van der Waals surface area contributed by atoms with E-state index in [-0.39, 0.29) is 0 Å². The fourth-order valence-electron chi connectivity index (χ4n) is 3.30. The van der Waals surface area contributed by atoms with Crippen LogP contribution in [0.3, 0.4) is 0 Å². The first kappa shape index (κ1) is 10.4. The Morgan fingerprint density at radius 2 is 1.56 bits per heavy atom. The molecule has 0 bridgehead atoms. The molecule has 90 valence electrons. The molecule has 16 heavy (non-hydrogen) atoms. The Morgan fingerprint density at radius 1 is 0.938 bits per heavy atom. The van der Waals surface area contributed by atoms with Crippen molar-refractivity contribution < 1.29 is 4.79 Å². The smallest absolute Gasteiger partial charge is 0.320 e. The van der Waals surface area contributed by atoms with E-state index in [9.17, 15) is 4.79 Å². The number of carbonyl (C=O) groups excluding carboxylic acids is 1. The molecule has 0 aromatic carbocycles. The Kier molecular flexibility index (Phi) is 2.75. The van der Waals surface area contributed by atoms with Crippen LogP contribution >= 0.6 is 0 Å². The SMILES string of the molecule is O=C(N1CCCCC1)N1C[C@H]2CNC[C@H]2C1. The minimum atomic E-state index is 0.300. The third-order valence-electron chi connectivity index (χ3n) is 4.29. The standard InChI is InChI=1S/C12H21N3O/c16-12(14-4-2-1-3-5-14)15-8-10-6-13-7-11(10)9-15/h10-11,13H,1-9H2/t10-,11+. The molecule has 0 aromatic rings. The highest BCUT2D eigenvalue weighted by Gasteiger charge is 2.39. The van der Waals surface area contributed by atoms with Gasteiger partial charge in [0.1, 0.15) is 0 Å². The highest BCUT2D eigenvalue weighted by atomic mass is 16.2. The summed E-state index contributed by atoms with van der Waals surface area (Å²) >= 11 is 0. The Morgan fingerprint density at radius 3 is 2.19 bits per heavy atom. The van der Waals surface area contributed by atoms with Crippen LogP contribution in [0.5, 0.6) is 0 Å². The summed E-state index contributed by atoms with van der Waals surface area (Å²) in [5, 5.41) is 3.41. The Hall–Kier alpha value is -0.770. The van der Waals surface area contributed by atoms with E-state index in [0.717, 1.165) is 39.3 Å². The lowest BCUT2D eigenvalue weighted by Gasteiger charge is -2.31. The van der Waals surface area contributed by atoms with Gasteiger partial charge in [0.25, 0.3) is 0 Å². The van der Waals surface area contributed by atoms with Gasteiger partial charge < -0.3 is 15.1 Å². The van der Waals surface area contributed by atoms with E-state index in [4.69, 9.17) is 0 Å². The monoisotopic (exact) mass is 223 g/mol. The van der Waals surface area contributed by atoms with Gasteiger partial charge in [-0.1, -0.05) is 0 Å². The van der Waals surface area contributed by atoms with E-state index in [1.54, 1.807) is 0 Å². The van der Waals surface area contributed by atoms with Crippen LogP contribution in [0.15, 0.2) is 0 Å². The maximum absolute atomic E-state index is 12.3. The number of piperidine rings is 1. The average Bonchev–Trinajstić information content (AvgIpc) is 2.89. The van der Waals surface area contributed by atoms with Gasteiger partial charge in [-0.05, 0) is 31.1 Å². The van der Waals surface area contributed by atoms with Crippen LogP contribution < -0.4 is 5.32 Å². The molecular formula is C12H21N3O. The fourth-order valence-corrected chi connectivity index (χ4v) is 3.30. The zero-order valence-corrected chi connectivity index (χ0v) is 9.82. The second-order valence-electron chi connectivity index (χ2n) is 5.41. The molecule has 0 aliphatic carbocycles. The maximum atomic E-state index is 12.3. The average molecular weight is 223 g/mol. The van der Waals surface area contributed by atoms with E-state index in [2.05, 4.69) is 15.1 Å². The molecule has 4 nitrogen and oxygen atoms in total. The number of likely N-dealkylation sites (tertiary alicyclic amines) is 2. The number of urea groups is 1. The van der Waals surface area contributed by atoms with E-state index in [1.165, 1.54) is 19.3 Å². The molecule has 3 aliphatic rings. The summed E-state index contributed by atoms with van der Waals surface area (Å²) in [6, 6.07) is 0.300. The van der Waals surface area contributed by atoms with Crippen molar-refractivity contribution in [2.75, 3.05) is 39.3 Å². The molecule has 1 N–H and O–H groups in total. The van der Waals surface area contributed by atoms with E-state index < -0.39 is 0 Å². The molecule has 0 spiro atoms. The largest absolute Gasteiger partial charge is 0.325 e. The molecule has 2 amide bonds. The molecule has 3 heterocycles. The maximum Gasteiger partial charge on any atom is 0.320 e. The van der Waals surface area contributed by atoms with E-state index in [1.807, 2.05) is 0 Å². The highest BCUT2D eigenvalue weighted by Crippen LogP contribution is 2.27. The van der Waals surface area contributed by atoms with Gasteiger partial charge >= 0.3 is 6.03 Å². The molecule has 3 aliphatic heterocycles. The molecule has 3 rings (SSSR count). The molecule has 0 radical (unpaired) electrons. The Labute approximate surface area is 97.0 Å². The normalized spacial score (nSPS) is 34.2. The van der Waals surface area contributed by atoms with Crippen molar-refractivity contribution in [3.05, 3.63) is 0 Å². The van der Waals surface area contributed by atoms with Crippen LogP contribution in [0.4, 0.5) is 4.79 Å². The van der Waals surface area contributed by atoms with Gasteiger partial charge in [0.2, 0.25) is 0 Å². The minimum absolute atomic E-state index is 0.300. The van der Waals surface area contributed by atoms with Crippen molar-refractivity contribution in [3.63, 3.8) is 0 Å². The predicted molar refractivity (Wildman–Crippen MR) is 62.2 cm³/mol. The zero-order chi connectivity index (χ0) is 11.0. The Bertz CT molecular complexity index is 263. The zero-order valence-electron chi connectivity index (χ0n) is 9.82. The second-order valence-corrected chi connectivity index (χ2v) is 5.41. The summed E-state index contributed by atoms with van der Waals surface area (Å²) in [5.74, 6) is 1.43. The highest BCUT2D eigenvalue weighted by molar-refractivity contribution is 5.75.